The number of ether oxygens (including phenoxy) is 2. The molecule has 1 N–H and O–H groups in total. The Kier molecular flexibility index (Phi) is 5.24. The van der Waals surface area contributed by atoms with Crippen molar-refractivity contribution in [1.82, 2.24) is 4.90 Å². The Morgan fingerprint density at radius 3 is 3.05 bits per heavy atom. The minimum absolute atomic E-state index is 0.105. The molecule has 0 spiro atoms. The molecule has 1 aromatic carbocycles. The van der Waals surface area contributed by atoms with E-state index in [9.17, 15) is 14.0 Å². The number of morpholine rings is 1. The molecule has 114 valence electrons. The molecule has 1 unspecified atom stereocenters. The number of hydrogen-bond donors (Lipinski definition) is 1. The molecule has 0 bridgehead atoms. The van der Waals surface area contributed by atoms with Gasteiger partial charge in [0.25, 0.3) is 0 Å². The van der Waals surface area contributed by atoms with Crippen LogP contribution in [0.4, 0.5) is 10.1 Å². The van der Waals surface area contributed by atoms with Gasteiger partial charge in [-0.3, -0.25) is 9.69 Å². The van der Waals surface area contributed by atoms with Gasteiger partial charge in [-0.2, -0.15) is 0 Å². The second-order valence-corrected chi connectivity index (χ2v) is 4.68. The molecule has 21 heavy (non-hydrogen) atoms. The molecule has 0 aromatic heterocycles. The molecular weight excluding hydrogens is 279 g/mol. The van der Waals surface area contributed by atoms with E-state index in [1.807, 2.05) is 0 Å². The van der Waals surface area contributed by atoms with E-state index in [0.717, 1.165) is 0 Å². The highest BCUT2D eigenvalue weighted by atomic mass is 19.1. The normalized spacial score (nSPS) is 19.0. The van der Waals surface area contributed by atoms with Crippen molar-refractivity contribution in [3.8, 4) is 0 Å². The number of carbonyl (C=O) groups is 2. The molecule has 1 heterocycles. The fourth-order valence-corrected chi connectivity index (χ4v) is 2.09. The number of esters is 1. The van der Waals surface area contributed by atoms with Gasteiger partial charge in [0.1, 0.15) is 5.82 Å². The molecule has 0 aliphatic carbocycles. The minimum Gasteiger partial charge on any atom is -0.467 e. The topological polar surface area (TPSA) is 67.9 Å². The van der Waals surface area contributed by atoms with E-state index in [0.29, 0.717) is 25.4 Å². The summed E-state index contributed by atoms with van der Waals surface area (Å²) in [5.41, 5.74) is 0.401. The van der Waals surface area contributed by atoms with Crippen LogP contribution in [-0.4, -0.2) is 56.2 Å². The number of methoxy groups -OCH3 is 1. The van der Waals surface area contributed by atoms with Crippen LogP contribution in [0.1, 0.15) is 0 Å². The molecule has 1 fully saturated rings. The number of nitrogens with zero attached hydrogens (tertiary/aromatic N) is 1. The molecule has 0 saturated carbocycles. The lowest BCUT2D eigenvalue weighted by atomic mass is 10.2. The number of rotatable bonds is 4. The van der Waals surface area contributed by atoms with Crippen molar-refractivity contribution in [3.63, 3.8) is 0 Å². The smallest absolute Gasteiger partial charge is 0.336 e. The van der Waals surface area contributed by atoms with Crippen LogP contribution in [0.5, 0.6) is 0 Å². The summed E-state index contributed by atoms with van der Waals surface area (Å²) in [7, 11) is 1.29. The SMILES string of the molecule is COC(=O)C1CN(CC(=O)Nc2cccc(F)c2)CCO1. The predicted octanol–water partition coefficient (Wildman–Crippen LogP) is 0.638. The van der Waals surface area contributed by atoms with E-state index < -0.39 is 17.9 Å². The molecular formula is C14H17FN2O4. The van der Waals surface area contributed by atoms with Gasteiger partial charge in [0.2, 0.25) is 5.91 Å². The Labute approximate surface area is 121 Å². The maximum atomic E-state index is 13.0. The zero-order valence-corrected chi connectivity index (χ0v) is 11.7. The fraction of sp³-hybridized carbons (Fsp3) is 0.429. The first-order valence-corrected chi connectivity index (χ1v) is 6.55. The molecule has 1 aromatic rings. The van der Waals surface area contributed by atoms with E-state index in [1.165, 1.54) is 25.3 Å². The number of carbonyl (C=O) groups excluding carboxylic acids is 2. The standard InChI is InChI=1S/C14H17FN2O4/c1-20-14(19)12-8-17(5-6-21-12)9-13(18)16-11-4-2-3-10(15)7-11/h2-4,7,12H,5-6,8-9H2,1H3,(H,16,18). The van der Waals surface area contributed by atoms with Crippen molar-refractivity contribution in [1.29, 1.82) is 0 Å². The number of anilines is 1. The van der Waals surface area contributed by atoms with E-state index in [1.54, 1.807) is 11.0 Å². The second-order valence-electron chi connectivity index (χ2n) is 4.68. The zero-order valence-electron chi connectivity index (χ0n) is 11.7. The average Bonchev–Trinajstić information content (AvgIpc) is 2.46. The van der Waals surface area contributed by atoms with Gasteiger partial charge in [-0.1, -0.05) is 6.07 Å². The van der Waals surface area contributed by atoms with Crippen molar-refractivity contribution >= 4 is 17.6 Å². The average molecular weight is 296 g/mol. The van der Waals surface area contributed by atoms with Gasteiger partial charge in [-0.05, 0) is 18.2 Å². The Morgan fingerprint density at radius 2 is 2.33 bits per heavy atom. The molecule has 1 saturated heterocycles. The Balaban J connectivity index is 1.86. The maximum absolute atomic E-state index is 13.0. The molecule has 1 atom stereocenters. The highest BCUT2D eigenvalue weighted by Crippen LogP contribution is 2.10. The summed E-state index contributed by atoms with van der Waals surface area (Å²) in [4.78, 5) is 25.1. The summed E-state index contributed by atoms with van der Waals surface area (Å²) in [6, 6.07) is 5.68. The van der Waals surface area contributed by atoms with Crippen LogP contribution in [-0.2, 0) is 19.1 Å². The Hall–Kier alpha value is -1.99. The monoisotopic (exact) mass is 296 g/mol. The van der Waals surface area contributed by atoms with Gasteiger partial charge in [0, 0.05) is 18.8 Å². The number of amides is 1. The van der Waals surface area contributed by atoms with Crippen LogP contribution in [0.3, 0.4) is 0 Å². The summed E-state index contributed by atoms with van der Waals surface area (Å²) in [6.45, 7) is 1.30. The van der Waals surface area contributed by atoms with Crippen LogP contribution in [0.15, 0.2) is 24.3 Å². The lowest BCUT2D eigenvalue weighted by Gasteiger charge is -2.30. The van der Waals surface area contributed by atoms with Crippen molar-refractivity contribution in [2.24, 2.45) is 0 Å². The molecule has 0 radical (unpaired) electrons. The molecule has 7 heteroatoms. The quantitative estimate of drug-likeness (QED) is 0.826. The lowest BCUT2D eigenvalue weighted by Crippen LogP contribution is -2.48. The third-order valence-corrected chi connectivity index (χ3v) is 3.09. The Morgan fingerprint density at radius 1 is 1.52 bits per heavy atom. The number of halogens is 1. The number of hydrogen-bond acceptors (Lipinski definition) is 5. The van der Waals surface area contributed by atoms with E-state index >= 15 is 0 Å². The van der Waals surface area contributed by atoms with Crippen molar-refractivity contribution in [2.45, 2.75) is 6.10 Å². The summed E-state index contributed by atoms with van der Waals surface area (Å²) >= 11 is 0. The zero-order chi connectivity index (χ0) is 15.2. The van der Waals surface area contributed by atoms with Gasteiger partial charge < -0.3 is 14.8 Å². The van der Waals surface area contributed by atoms with Crippen LogP contribution in [0.25, 0.3) is 0 Å². The fourth-order valence-electron chi connectivity index (χ4n) is 2.09. The molecule has 6 nitrogen and oxygen atoms in total. The first-order chi connectivity index (χ1) is 10.1. The van der Waals surface area contributed by atoms with Gasteiger partial charge in [0.05, 0.1) is 20.3 Å². The first-order valence-electron chi connectivity index (χ1n) is 6.55. The number of nitrogens with one attached hydrogen (secondary N) is 1. The highest BCUT2D eigenvalue weighted by Gasteiger charge is 2.28. The second kappa shape index (κ2) is 7.14. The maximum Gasteiger partial charge on any atom is 0.336 e. The van der Waals surface area contributed by atoms with Gasteiger partial charge in [-0.25, -0.2) is 9.18 Å². The summed E-state index contributed by atoms with van der Waals surface area (Å²) in [6.07, 6.45) is -0.675. The van der Waals surface area contributed by atoms with E-state index in [-0.39, 0.29) is 12.5 Å². The molecule has 2 rings (SSSR count). The van der Waals surface area contributed by atoms with Crippen LogP contribution in [0, 0.1) is 5.82 Å². The van der Waals surface area contributed by atoms with Crippen LogP contribution < -0.4 is 5.32 Å². The van der Waals surface area contributed by atoms with Crippen LogP contribution in [0.2, 0.25) is 0 Å². The summed E-state index contributed by atoms with van der Waals surface area (Å²) < 4.78 is 22.9. The third-order valence-electron chi connectivity index (χ3n) is 3.09. The highest BCUT2D eigenvalue weighted by molar-refractivity contribution is 5.92. The summed E-state index contributed by atoms with van der Waals surface area (Å²) in [5.74, 6) is -1.14. The van der Waals surface area contributed by atoms with Crippen LogP contribution >= 0.6 is 0 Å². The molecule has 1 aliphatic rings. The van der Waals surface area contributed by atoms with Gasteiger partial charge in [-0.15, -0.1) is 0 Å². The number of benzene rings is 1. The van der Waals surface area contributed by atoms with Gasteiger partial charge >= 0.3 is 5.97 Å². The van der Waals surface area contributed by atoms with Gasteiger partial charge in [0.15, 0.2) is 6.10 Å². The summed E-state index contributed by atoms with van der Waals surface area (Å²) in [5, 5.41) is 2.61. The van der Waals surface area contributed by atoms with Crippen molar-refractivity contribution in [3.05, 3.63) is 30.1 Å². The van der Waals surface area contributed by atoms with E-state index in [4.69, 9.17) is 4.74 Å². The minimum atomic E-state index is -0.675. The molecule has 1 amide bonds. The van der Waals surface area contributed by atoms with Crippen molar-refractivity contribution < 1.29 is 23.5 Å². The van der Waals surface area contributed by atoms with E-state index in [2.05, 4.69) is 10.1 Å². The van der Waals surface area contributed by atoms with Crippen molar-refractivity contribution in [2.75, 3.05) is 38.7 Å². The Bertz CT molecular complexity index is 523. The lowest BCUT2D eigenvalue weighted by molar-refractivity contribution is -0.160. The molecule has 1 aliphatic heterocycles. The predicted molar refractivity (Wildman–Crippen MR) is 73.2 cm³/mol. The first kappa shape index (κ1) is 15.4. The third kappa shape index (κ3) is 4.51. The largest absolute Gasteiger partial charge is 0.467 e.